The Morgan fingerprint density at radius 3 is 2.58 bits per heavy atom. The third-order valence-corrected chi connectivity index (χ3v) is 4.23. The van der Waals surface area contributed by atoms with E-state index < -0.39 is 0 Å². The van der Waals surface area contributed by atoms with E-state index in [-0.39, 0.29) is 17.7 Å². The number of amides is 2. The van der Waals surface area contributed by atoms with E-state index >= 15 is 0 Å². The Labute approximate surface area is 116 Å². The number of likely N-dealkylation sites (tertiary alicyclic amines) is 1. The molecule has 4 heteroatoms. The molecule has 108 valence electrons. The molecule has 1 saturated heterocycles. The van der Waals surface area contributed by atoms with Gasteiger partial charge in [0.15, 0.2) is 0 Å². The van der Waals surface area contributed by atoms with Crippen molar-refractivity contribution in [3.63, 3.8) is 0 Å². The van der Waals surface area contributed by atoms with Crippen LogP contribution < -0.4 is 0 Å². The van der Waals surface area contributed by atoms with Gasteiger partial charge in [0, 0.05) is 38.5 Å². The standard InChI is InChI=1S/C15H26N2O2/c1-11(2)6-9-17(13-4-5-13)15(19)12-7-8-16(3)14(18)10-12/h11-13H,4-10H2,1-3H3/t12-/m1/s1. The smallest absolute Gasteiger partial charge is 0.226 e. The summed E-state index contributed by atoms with van der Waals surface area (Å²) in [6, 6.07) is 0.459. The predicted octanol–water partition coefficient (Wildman–Crippen LogP) is 1.89. The third-order valence-electron chi connectivity index (χ3n) is 4.23. The molecule has 19 heavy (non-hydrogen) atoms. The van der Waals surface area contributed by atoms with Crippen molar-refractivity contribution in [1.82, 2.24) is 9.80 Å². The fraction of sp³-hybridized carbons (Fsp3) is 0.867. The van der Waals surface area contributed by atoms with Gasteiger partial charge in [-0.05, 0) is 31.6 Å². The van der Waals surface area contributed by atoms with Crippen molar-refractivity contribution in [3.05, 3.63) is 0 Å². The average Bonchev–Trinajstić information content (AvgIpc) is 3.16. The molecule has 0 spiro atoms. The SMILES string of the molecule is CC(C)CCN(C(=O)[C@@H]1CCN(C)C(=O)C1)C1CC1. The maximum atomic E-state index is 12.6. The second-order valence-corrected chi connectivity index (χ2v) is 6.45. The van der Waals surface area contributed by atoms with Gasteiger partial charge in [-0.15, -0.1) is 0 Å². The van der Waals surface area contributed by atoms with Gasteiger partial charge < -0.3 is 9.80 Å². The van der Waals surface area contributed by atoms with Gasteiger partial charge in [-0.3, -0.25) is 9.59 Å². The lowest BCUT2D eigenvalue weighted by Crippen LogP contribution is -2.45. The molecule has 1 saturated carbocycles. The predicted molar refractivity (Wildman–Crippen MR) is 74.6 cm³/mol. The minimum atomic E-state index is -0.0727. The molecule has 1 atom stereocenters. The first-order chi connectivity index (χ1) is 8.99. The molecule has 2 rings (SSSR count). The van der Waals surface area contributed by atoms with Gasteiger partial charge in [-0.1, -0.05) is 13.8 Å². The molecule has 4 nitrogen and oxygen atoms in total. The summed E-state index contributed by atoms with van der Waals surface area (Å²) in [6.07, 6.45) is 4.57. The second-order valence-electron chi connectivity index (χ2n) is 6.45. The zero-order valence-electron chi connectivity index (χ0n) is 12.4. The number of piperidine rings is 1. The van der Waals surface area contributed by atoms with Crippen molar-refractivity contribution in [2.75, 3.05) is 20.1 Å². The fourth-order valence-electron chi connectivity index (χ4n) is 2.64. The van der Waals surface area contributed by atoms with E-state index in [9.17, 15) is 9.59 Å². The van der Waals surface area contributed by atoms with Crippen LogP contribution in [-0.4, -0.2) is 47.8 Å². The minimum Gasteiger partial charge on any atom is -0.346 e. The van der Waals surface area contributed by atoms with Crippen LogP contribution in [-0.2, 0) is 9.59 Å². The van der Waals surface area contributed by atoms with Crippen LogP contribution in [0.3, 0.4) is 0 Å². The number of rotatable bonds is 5. The zero-order chi connectivity index (χ0) is 14.0. The maximum absolute atomic E-state index is 12.6. The first-order valence-electron chi connectivity index (χ1n) is 7.53. The van der Waals surface area contributed by atoms with Gasteiger partial charge in [-0.2, -0.15) is 0 Å². The van der Waals surface area contributed by atoms with Crippen molar-refractivity contribution >= 4 is 11.8 Å². The summed E-state index contributed by atoms with van der Waals surface area (Å²) in [7, 11) is 1.82. The maximum Gasteiger partial charge on any atom is 0.226 e. The summed E-state index contributed by atoms with van der Waals surface area (Å²) < 4.78 is 0. The fourth-order valence-corrected chi connectivity index (χ4v) is 2.64. The molecule has 0 aromatic rings. The highest BCUT2D eigenvalue weighted by Gasteiger charge is 2.37. The van der Waals surface area contributed by atoms with Crippen molar-refractivity contribution in [2.24, 2.45) is 11.8 Å². The van der Waals surface area contributed by atoms with Crippen LogP contribution in [0.5, 0.6) is 0 Å². The normalized spacial score (nSPS) is 23.9. The summed E-state index contributed by atoms with van der Waals surface area (Å²) in [5.41, 5.74) is 0. The molecule has 0 N–H and O–H groups in total. The van der Waals surface area contributed by atoms with Crippen LogP contribution in [0.2, 0.25) is 0 Å². The highest BCUT2D eigenvalue weighted by atomic mass is 16.2. The summed E-state index contributed by atoms with van der Waals surface area (Å²) in [6.45, 7) is 5.96. The Bertz CT molecular complexity index is 350. The van der Waals surface area contributed by atoms with E-state index in [1.165, 1.54) is 0 Å². The molecule has 0 unspecified atom stereocenters. The van der Waals surface area contributed by atoms with Crippen LogP contribution in [0.15, 0.2) is 0 Å². The van der Waals surface area contributed by atoms with E-state index in [4.69, 9.17) is 0 Å². The van der Waals surface area contributed by atoms with E-state index in [1.54, 1.807) is 4.90 Å². The molecular weight excluding hydrogens is 240 g/mol. The van der Waals surface area contributed by atoms with Gasteiger partial charge in [0.05, 0.1) is 0 Å². The van der Waals surface area contributed by atoms with Crippen LogP contribution in [0.1, 0.15) is 46.0 Å². The van der Waals surface area contributed by atoms with Gasteiger partial charge in [0.1, 0.15) is 0 Å². The van der Waals surface area contributed by atoms with Crippen LogP contribution in [0.25, 0.3) is 0 Å². The van der Waals surface area contributed by atoms with Gasteiger partial charge in [-0.25, -0.2) is 0 Å². The molecule has 0 aromatic heterocycles. The molecule has 2 amide bonds. The van der Waals surface area contributed by atoms with E-state index in [2.05, 4.69) is 18.7 Å². The lowest BCUT2D eigenvalue weighted by Gasteiger charge is -2.32. The summed E-state index contributed by atoms with van der Waals surface area (Å²) in [4.78, 5) is 28.1. The summed E-state index contributed by atoms with van der Waals surface area (Å²) >= 11 is 0. The monoisotopic (exact) mass is 266 g/mol. The first kappa shape index (κ1) is 14.4. The molecule has 2 fully saturated rings. The number of hydrogen-bond donors (Lipinski definition) is 0. The van der Waals surface area contributed by atoms with Crippen molar-refractivity contribution in [2.45, 2.75) is 52.0 Å². The molecule has 0 bridgehead atoms. The van der Waals surface area contributed by atoms with Crippen molar-refractivity contribution in [1.29, 1.82) is 0 Å². The Morgan fingerprint density at radius 1 is 1.37 bits per heavy atom. The zero-order valence-corrected chi connectivity index (χ0v) is 12.4. The Kier molecular flexibility index (Phi) is 4.48. The third kappa shape index (κ3) is 3.71. The Balaban J connectivity index is 1.93. The van der Waals surface area contributed by atoms with E-state index in [1.807, 2.05) is 7.05 Å². The highest BCUT2D eigenvalue weighted by Crippen LogP contribution is 2.31. The summed E-state index contributed by atoms with van der Waals surface area (Å²) in [5, 5.41) is 0. The molecule has 1 aliphatic carbocycles. The Hall–Kier alpha value is -1.06. The molecule has 1 heterocycles. The van der Waals surface area contributed by atoms with Gasteiger partial charge in [0.2, 0.25) is 11.8 Å². The first-order valence-corrected chi connectivity index (χ1v) is 7.53. The number of hydrogen-bond acceptors (Lipinski definition) is 2. The molecule has 0 radical (unpaired) electrons. The average molecular weight is 266 g/mol. The topological polar surface area (TPSA) is 40.6 Å². The second kappa shape index (κ2) is 5.93. The largest absolute Gasteiger partial charge is 0.346 e. The lowest BCUT2D eigenvalue weighted by atomic mass is 9.94. The minimum absolute atomic E-state index is 0.0727. The Morgan fingerprint density at radius 2 is 2.05 bits per heavy atom. The highest BCUT2D eigenvalue weighted by molar-refractivity contribution is 5.87. The molecular formula is C15H26N2O2. The van der Waals surface area contributed by atoms with Crippen molar-refractivity contribution in [3.8, 4) is 0 Å². The molecule has 1 aliphatic heterocycles. The van der Waals surface area contributed by atoms with E-state index in [0.717, 1.165) is 38.8 Å². The van der Waals surface area contributed by atoms with Crippen molar-refractivity contribution < 1.29 is 9.59 Å². The number of nitrogens with zero attached hydrogens (tertiary/aromatic N) is 2. The molecule has 2 aliphatic rings. The van der Waals surface area contributed by atoms with Gasteiger partial charge in [0.25, 0.3) is 0 Å². The van der Waals surface area contributed by atoms with Gasteiger partial charge >= 0.3 is 0 Å². The van der Waals surface area contributed by atoms with Crippen LogP contribution in [0, 0.1) is 11.8 Å². The van der Waals surface area contributed by atoms with Crippen LogP contribution >= 0.6 is 0 Å². The van der Waals surface area contributed by atoms with Crippen LogP contribution in [0.4, 0.5) is 0 Å². The van der Waals surface area contributed by atoms with E-state index in [0.29, 0.717) is 18.4 Å². The number of carbonyl (C=O) groups is 2. The summed E-state index contributed by atoms with van der Waals surface area (Å²) in [5.74, 6) is 0.887. The number of carbonyl (C=O) groups excluding carboxylic acids is 2. The lowest BCUT2D eigenvalue weighted by molar-refractivity contribution is -0.144. The quantitative estimate of drug-likeness (QED) is 0.762. The molecule has 0 aromatic carbocycles.